The van der Waals surface area contributed by atoms with Crippen molar-refractivity contribution >= 4 is 33.0 Å². The van der Waals surface area contributed by atoms with Crippen molar-refractivity contribution in [1.29, 1.82) is 0 Å². The van der Waals surface area contributed by atoms with Gasteiger partial charge in [-0.1, -0.05) is 43.5 Å². The van der Waals surface area contributed by atoms with Gasteiger partial charge in [0.2, 0.25) is 5.91 Å². The number of nitrogens with one attached hydrogen (secondary N) is 1. The van der Waals surface area contributed by atoms with Crippen LogP contribution in [0.15, 0.2) is 46.0 Å². The zero-order valence-corrected chi connectivity index (χ0v) is 18.6. The number of rotatable bonds is 8. The van der Waals surface area contributed by atoms with Gasteiger partial charge in [-0.05, 0) is 43.0 Å². The lowest BCUT2D eigenvalue weighted by Gasteiger charge is -2.31. The van der Waals surface area contributed by atoms with Crippen molar-refractivity contribution in [2.24, 2.45) is 0 Å². The summed E-state index contributed by atoms with van der Waals surface area (Å²) in [5.74, 6) is -0.347. The fourth-order valence-electron chi connectivity index (χ4n) is 3.74. The molecule has 1 saturated carbocycles. The standard InChI is InChI=1S/C21H29N3O3S2/c1-23(18-10-4-3-5-11-18)15-17-9-6-7-12-19(17)22-20(25)16-24(2)29(26,27)21-13-8-14-28-21/h6-9,12-14,18H,3-5,10-11,15-16H2,1-2H3,(H,22,25). The lowest BCUT2D eigenvalue weighted by atomic mass is 9.94. The summed E-state index contributed by atoms with van der Waals surface area (Å²) in [6, 6.07) is 11.5. The molecule has 0 bridgehead atoms. The lowest BCUT2D eigenvalue weighted by molar-refractivity contribution is -0.116. The van der Waals surface area contributed by atoms with Crippen LogP contribution in [0.1, 0.15) is 37.7 Å². The van der Waals surface area contributed by atoms with Gasteiger partial charge in [-0.3, -0.25) is 9.69 Å². The van der Waals surface area contributed by atoms with E-state index < -0.39 is 10.0 Å². The minimum absolute atomic E-state index is 0.229. The molecular weight excluding hydrogens is 406 g/mol. The van der Waals surface area contributed by atoms with Crippen LogP contribution in [0.4, 0.5) is 5.69 Å². The van der Waals surface area contributed by atoms with Gasteiger partial charge >= 0.3 is 0 Å². The monoisotopic (exact) mass is 435 g/mol. The first-order chi connectivity index (χ1) is 13.9. The maximum atomic E-state index is 12.6. The van der Waals surface area contributed by atoms with Crippen LogP contribution in [0.3, 0.4) is 0 Å². The first-order valence-electron chi connectivity index (χ1n) is 9.96. The molecule has 0 aliphatic heterocycles. The first kappa shape index (κ1) is 22.0. The Balaban J connectivity index is 1.63. The summed E-state index contributed by atoms with van der Waals surface area (Å²) < 4.78 is 26.4. The van der Waals surface area contributed by atoms with Gasteiger partial charge in [-0.25, -0.2) is 8.42 Å². The van der Waals surface area contributed by atoms with Crippen molar-refractivity contribution in [3.05, 3.63) is 47.3 Å². The van der Waals surface area contributed by atoms with Gasteiger partial charge in [0.15, 0.2) is 0 Å². The highest BCUT2D eigenvalue weighted by Gasteiger charge is 2.24. The topological polar surface area (TPSA) is 69.7 Å². The lowest BCUT2D eigenvalue weighted by Crippen LogP contribution is -2.35. The minimum atomic E-state index is -3.64. The van der Waals surface area contributed by atoms with Crippen molar-refractivity contribution in [3.63, 3.8) is 0 Å². The Labute approximate surface area is 177 Å². The fourth-order valence-corrected chi connectivity index (χ4v) is 6.07. The molecule has 1 fully saturated rings. The molecule has 1 aliphatic carbocycles. The van der Waals surface area contributed by atoms with E-state index in [1.807, 2.05) is 24.3 Å². The van der Waals surface area contributed by atoms with Crippen molar-refractivity contribution in [3.8, 4) is 0 Å². The van der Waals surface area contributed by atoms with Crippen LogP contribution in [0, 0.1) is 0 Å². The van der Waals surface area contributed by atoms with E-state index >= 15 is 0 Å². The number of para-hydroxylation sites is 1. The van der Waals surface area contributed by atoms with E-state index in [-0.39, 0.29) is 16.7 Å². The van der Waals surface area contributed by atoms with Gasteiger partial charge in [0.1, 0.15) is 4.21 Å². The molecule has 0 atom stereocenters. The average Bonchev–Trinajstić information content (AvgIpc) is 3.25. The fraction of sp³-hybridized carbons (Fsp3) is 0.476. The number of nitrogens with zero attached hydrogens (tertiary/aromatic N) is 2. The zero-order chi connectivity index (χ0) is 20.9. The number of amides is 1. The van der Waals surface area contributed by atoms with Crippen molar-refractivity contribution in [2.45, 2.75) is 48.9 Å². The first-order valence-corrected chi connectivity index (χ1v) is 12.3. The molecule has 1 N–H and O–H groups in total. The van der Waals surface area contributed by atoms with E-state index in [4.69, 9.17) is 0 Å². The van der Waals surface area contributed by atoms with Crippen LogP contribution in [0.25, 0.3) is 0 Å². The number of hydrogen-bond donors (Lipinski definition) is 1. The van der Waals surface area contributed by atoms with Gasteiger partial charge in [-0.2, -0.15) is 4.31 Å². The Hall–Kier alpha value is -1.74. The molecule has 0 saturated heterocycles. The molecule has 1 heterocycles. The molecule has 1 aromatic carbocycles. The molecular formula is C21H29N3O3S2. The number of sulfonamides is 1. The summed E-state index contributed by atoms with van der Waals surface area (Å²) in [5, 5.41) is 4.61. The van der Waals surface area contributed by atoms with Gasteiger partial charge in [0, 0.05) is 25.3 Å². The van der Waals surface area contributed by atoms with Gasteiger partial charge in [0.05, 0.1) is 6.54 Å². The van der Waals surface area contributed by atoms with Crippen molar-refractivity contribution in [1.82, 2.24) is 9.21 Å². The quantitative estimate of drug-likeness (QED) is 0.685. The number of carbonyl (C=O) groups is 1. The molecule has 8 heteroatoms. The third-order valence-corrected chi connectivity index (χ3v) is 8.61. The normalized spacial score (nSPS) is 15.7. The van der Waals surface area contributed by atoms with Crippen LogP contribution in [0.2, 0.25) is 0 Å². The Bertz CT molecular complexity index is 907. The second-order valence-corrected chi connectivity index (χ2v) is 10.8. The second-order valence-electron chi connectivity index (χ2n) is 7.61. The number of carbonyl (C=O) groups excluding carboxylic acids is 1. The summed E-state index contributed by atoms with van der Waals surface area (Å²) in [6.07, 6.45) is 6.31. The highest BCUT2D eigenvalue weighted by Crippen LogP contribution is 2.25. The van der Waals surface area contributed by atoms with Crippen molar-refractivity contribution < 1.29 is 13.2 Å². The van der Waals surface area contributed by atoms with E-state index in [1.165, 1.54) is 39.2 Å². The van der Waals surface area contributed by atoms with Gasteiger partial charge in [0.25, 0.3) is 10.0 Å². The average molecular weight is 436 g/mol. The summed E-state index contributed by atoms with van der Waals surface area (Å²) in [7, 11) is -0.0810. The summed E-state index contributed by atoms with van der Waals surface area (Å²) in [5.41, 5.74) is 1.78. The molecule has 158 valence electrons. The smallest absolute Gasteiger partial charge is 0.252 e. The number of likely N-dealkylation sites (N-methyl/N-ethyl adjacent to an activating group) is 1. The van der Waals surface area contributed by atoms with Gasteiger partial charge in [-0.15, -0.1) is 11.3 Å². The third-order valence-electron chi connectivity index (χ3n) is 5.44. The SMILES string of the molecule is CN(Cc1ccccc1NC(=O)CN(C)S(=O)(=O)c1cccs1)C1CCCCC1. The largest absolute Gasteiger partial charge is 0.325 e. The van der Waals surface area contributed by atoms with Crippen LogP contribution < -0.4 is 5.32 Å². The molecule has 0 spiro atoms. The van der Waals surface area contributed by atoms with E-state index in [1.54, 1.807) is 17.5 Å². The van der Waals surface area contributed by atoms with Crippen molar-refractivity contribution in [2.75, 3.05) is 26.0 Å². The van der Waals surface area contributed by atoms with Gasteiger partial charge < -0.3 is 5.32 Å². The molecule has 1 aliphatic rings. The predicted octanol–water partition coefficient (Wildman–Crippen LogP) is 3.77. The molecule has 6 nitrogen and oxygen atoms in total. The molecule has 1 amide bonds. The Morgan fingerprint density at radius 1 is 1.10 bits per heavy atom. The molecule has 0 unspecified atom stereocenters. The molecule has 29 heavy (non-hydrogen) atoms. The molecule has 3 rings (SSSR count). The molecule has 2 aromatic rings. The second kappa shape index (κ2) is 9.84. The Morgan fingerprint density at radius 2 is 1.83 bits per heavy atom. The van der Waals surface area contributed by atoms with E-state index in [0.717, 1.165) is 33.4 Å². The Morgan fingerprint density at radius 3 is 2.52 bits per heavy atom. The van der Waals surface area contributed by atoms with Crippen LogP contribution in [0.5, 0.6) is 0 Å². The summed E-state index contributed by atoms with van der Waals surface area (Å²) in [6.45, 7) is 0.525. The number of hydrogen-bond acceptors (Lipinski definition) is 5. The van der Waals surface area contributed by atoms with Crippen LogP contribution in [-0.4, -0.2) is 50.2 Å². The van der Waals surface area contributed by atoms with E-state index in [0.29, 0.717) is 6.04 Å². The predicted molar refractivity (Wildman–Crippen MR) is 118 cm³/mol. The van der Waals surface area contributed by atoms with Crippen LogP contribution in [-0.2, 0) is 21.4 Å². The minimum Gasteiger partial charge on any atom is -0.325 e. The van der Waals surface area contributed by atoms with E-state index in [2.05, 4.69) is 17.3 Å². The van der Waals surface area contributed by atoms with Crippen LogP contribution >= 0.6 is 11.3 Å². The maximum Gasteiger partial charge on any atom is 0.252 e. The third kappa shape index (κ3) is 5.66. The van der Waals surface area contributed by atoms with E-state index in [9.17, 15) is 13.2 Å². The highest BCUT2D eigenvalue weighted by molar-refractivity contribution is 7.91. The number of anilines is 1. The molecule has 1 aromatic heterocycles. The highest BCUT2D eigenvalue weighted by atomic mass is 32.2. The number of thiophene rings is 1. The summed E-state index contributed by atoms with van der Waals surface area (Å²) >= 11 is 1.15. The summed E-state index contributed by atoms with van der Waals surface area (Å²) in [4.78, 5) is 14.9. The zero-order valence-electron chi connectivity index (χ0n) is 17.0. The molecule has 0 radical (unpaired) electrons. The number of benzene rings is 1. The Kier molecular flexibility index (Phi) is 7.45. The maximum absolute atomic E-state index is 12.6.